The summed E-state index contributed by atoms with van der Waals surface area (Å²) in [6, 6.07) is 2.93. The van der Waals surface area contributed by atoms with Crippen molar-refractivity contribution in [3.8, 4) is 0 Å². The summed E-state index contributed by atoms with van der Waals surface area (Å²) in [5.41, 5.74) is 1.82. The lowest BCUT2D eigenvalue weighted by Gasteiger charge is -2.48. The second-order valence-electron chi connectivity index (χ2n) is 6.89. The molecule has 1 aromatic heterocycles. The summed E-state index contributed by atoms with van der Waals surface area (Å²) in [5.74, 6) is 0.775. The molecule has 1 aromatic rings. The van der Waals surface area contributed by atoms with Gasteiger partial charge in [0.15, 0.2) is 0 Å². The highest BCUT2D eigenvalue weighted by Gasteiger charge is 2.35. The first kappa shape index (κ1) is 16.0. The highest BCUT2D eigenvalue weighted by atomic mass is 32.1. The van der Waals surface area contributed by atoms with Gasteiger partial charge >= 0.3 is 0 Å². The molecule has 2 heterocycles. The monoisotopic (exact) mass is 294 g/mol. The maximum atomic E-state index is 3.78. The molecule has 2 nitrogen and oxygen atoms in total. The smallest absolute Gasteiger partial charge is 0.0304 e. The van der Waals surface area contributed by atoms with E-state index in [9.17, 15) is 0 Å². The van der Waals surface area contributed by atoms with E-state index >= 15 is 0 Å². The normalized spacial score (nSPS) is 28.1. The van der Waals surface area contributed by atoms with Gasteiger partial charge in [-0.15, -0.1) is 0 Å². The minimum Gasteiger partial charge on any atom is -0.311 e. The van der Waals surface area contributed by atoms with Crippen LogP contribution in [0, 0.1) is 5.92 Å². The Morgan fingerprint density at radius 2 is 2.30 bits per heavy atom. The summed E-state index contributed by atoms with van der Waals surface area (Å²) < 4.78 is 0. The van der Waals surface area contributed by atoms with Gasteiger partial charge in [0, 0.05) is 31.2 Å². The number of thiophene rings is 1. The minimum absolute atomic E-state index is 0.323. The van der Waals surface area contributed by atoms with Gasteiger partial charge in [-0.3, -0.25) is 4.90 Å². The molecule has 0 aliphatic carbocycles. The third kappa shape index (κ3) is 4.06. The molecule has 2 atom stereocenters. The highest BCUT2D eigenvalue weighted by Crippen LogP contribution is 2.25. The summed E-state index contributed by atoms with van der Waals surface area (Å²) >= 11 is 1.81. The van der Waals surface area contributed by atoms with E-state index in [2.05, 4.69) is 54.7 Å². The van der Waals surface area contributed by atoms with Crippen LogP contribution in [-0.2, 0) is 6.42 Å². The summed E-state index contributed by atoms with van der Waals surface area (Å²) in [6.07, 6.45) is 3.69. The zero-order valence-corrected chi connectivity index (χ0v) is 14.3. The number of hydrogen-bond donors (Lipinski definition) is 1. The molecule has 0 radical (unpaired) electrons. The van der Waals surface area contributed by atoms with Gasteiger partial charge in [0.2, 0.25) is 0 Å². The molecule has 3 heteroatoms. The molecular weight excluding hydrogens is 264 g/mol. The summed E-state index contributed by atoms with van der Waals surface area (Å²) in [5, 5.41) is 8.25. The Hall–Kier alpha value is -0.380. The van der Waals surface area contributed by atoms with Crippen LogP contribution in [0.15, 0.2) is 16.8 Å². The molecule has 0 aromatic carbocycles. The fourth-order valence-electron chi connectivity index (χ4n) is 3.16. The van der Waals surface area contributed by atoms with Crippen LogP contribution in [0.5, 0.6) is 0 Å². The number of rotatable bonds is 6. The Balaban J connectivity index is 1.95. The zero-order chi connectivity index (χ0) is 14.6. The quantitative estimate of drug-likeness (QED) is 0.859. The third-order valence-electron chi connectivity index (χ3n) is 4.74. The van der Waals surface area contributed by atoms with Crippen molar-refractivity contribution in [2.75, 3.05) is 19.6 Å². The average molecular weight is 295 g/mol. The van der Waals surface area contributed by atoms with Crippen LogP contribution in [-0.4, -0.2) is 36.1 Å². The number of hydrogen-bond acceptors (Lipinski definition) is 3. The van der Waals surface area contributed by atoms with Crippen LogP contribution in [0.2, 0.25) is 0 Å². The molecule has 1 N–H and O–H groups in total. The zero-order valence-electron chi connectivity index (χ0n) is 13.5. The predicted octanol–water partition coefficient (Wildman–Crippen LogP) is 3.78. The fraction of sp³-hybridized carbons (Fsp3) is 0.765. The van der Waals surface area contributed by atoms with E-state index in [0.29, 0.717) is 11.6 Å². The molecule has 2 rings (SSSR count). The van der Waals surface area contributed by atoms with Crippen LogP contribution in [0.1, 0.15) is 46.1 Å². The van der Waals surface area contributed by atoms with Crippen molar-refractivity contribution in [2.45, 2.75) is 58.5 Å². The predicted molar refractivity (Wildman–Crippen MR) is 89.5 cm³/mol. The van der Waals surface area contributed by atoms with E-state index in [0.717, 1.165) is 12.5 Å². The molecule has 0 spiro atoms. The number of nitrogens with one attached hydrogen (secondary N) is 1. The molecular formula is C17H30N2S. The van der Waals surface area contributed by atoms with Gasteiger partial charge in [-0.25, -0.2) is 0 Å². The van der Waals surface area contributed by atoms with Crippen LogP contribution in [0.4, 0.5) is 0 Å². The summed E-state index contributed by atoms with van der Waals surface area (Å²) in [4.78, 5) is 2.73. The fourth-order valence-corrected chi connectivity index (χ4v) is 3.87. The van der Waals surface area contributed by atoms with Crippen LogP contribution in [0.25, 0.3) is 0 Å². The number of nitrogens with zero attached hydrogens (tertiary/aromatic N) is 1. The second-order valence-corrected chi connectivity index (χ2v) is 7.67. The largest absolute Gasteiger partial charge is 0.311 e. The Morgan fingerprint density at radius 1 is 1.50 bits per heavy atom. The van der Waals surface area contributed by atoms with Crippen LogP contribution >= 0.6 is 11.3 Å². The molecule has 1 aliphatic heterocycles. The summed E-state index contributed by atoms with van der Waals surface area (Å²) in [6.45, 7) is 12.9. The van der Waals surface area contributed by atoms with Gasteiger partial charge in [-0.05, 0) is 54.5 Å². The Kier molecular flexibility index (Phi) is 5.65. The maximum absolute atomic E-state index is 3.78. The van der Waals surface area contributed by atoms with Crippen molar-refractivity contribution < 1.29 is 0 Å². The van der Waals surface area contributed by atoms with E-state index < -0.39 is 0 Å². The first-order valence-corrected chi connectivity index (χ1v) is 8.97. The molecule has 1 aliphatic rings. The van der Waals surface area contributed by atoms with E-state index in [4.69, 9.17) is 0 Å². The third-order valence-corrected chi connectivity index (χ3v) is 5.48. The molecule has 20 heavy (non-hydrogen) atoms. The average Bonchev–Trinajstić information content (AvgIpc) is 2.92. The number of piperazine rings is 1. The van der Waals surface area contributed by atoms with E-state index in [1.165, 1.54) is 37.9 Å². The van der Waals surface area contributed by atoms with E-state index in [1.807, 2.05) is 11.3 Å². The van der Waals surface area contributed by atoms with Crippen molar-refractivity contribution in [1.29, 1.82) is 0 Å². The van der Waals surface area contributed by atoms with Crippen LogP contribution in [0.3, 0.4) is 0 Å². The lowest BCUT2D eigenvalue weighted by Crippen LogP contribution is -2.63. The molecule has 2 unspecified atom stereocenters. The molecule has 0 amide bonds. The van der Waals surface area contributed by atoms with Gasteiger partial charge in [0.1, 0.15) is 0 Å². The van der Waals surface area contributed by atoms with Crippen molar-refractivity contribution in [3.05, 3.63) is 22.4 Å². The van der Waals surface area contributed by atoms with Crippen molar-refractivity contribution in [1.82, 2.24) is 10.2 Å². The standard InChI is InChI=1S/C17H30N2S/c1-5-17(4)13-18-16(10-14(2)3)11-19(17)8-6-15-7-9-20-12-15/h7,9,12,14,16,18H,5-6,8,10-11,13H2,1-4H3. The maximum Gasteiger partial charge on any atom is 0.0304 e. The first-order valence-electron chi connectivity index (χ1n) is 8.03. The first-order chi connectivity index (χ1) is 9.53. The second kappa shape index (κ2) is 7.06. The van der Waals surface area contributed by atoms with Crippen molar-refractivity contribution in [3.63, 3.8) is 0 Å². The lowest BCUT2D eigenvalue weighted by atomic mass is 9.89. The minimum atomic E-state index is 0.323. The van der Waals surface area contributed by atoms with Crippen molar-refractivity contribution >= 4 is 11.3 Å². The van der Waals surface area contributed by atoms with Gasteiger partial charge in [0.05, 0.1) is 0 Å². The van der Waals surface area contributed by atoms with Gasteiger partial charge < -0.3 is 5.32 Å². The molecule has 114 valence electrons. The SMILES string of the molecule is CCC1(C)CNC(CC(C)C)CN1CCc1ccsc1. The molecule has 1 saturated heterocycles. The molecule has 0 bridgehead atoms. The molecule has 1 fully saturated rings. The van der Waals surface area contributed by atoms with Crippen LogP contribution < -0.4 is 5.32 Å². The highest BCUT2D eigenvalue weighted by molar-refractivity contribution is 7.07. The Bertz CT molecular complexity index is 388. The van der Waals surface area contributed by atoms with Gasteiger partial charge in [-0.2, -0.15) is 11.3 Å². The van der Waals surface area contributed by atoms with Gasteiger partial charge in [-0.1, -0.05) is 20.8 Å². The summed E-state index contributed by atoms with van der Waals surface area (Å²) in [7, 11) is 0. The topological polar surface area (TPSA) is 15.3 Å². The lowest BCUT2D eigenvalue weighted by molar-refractivity contribution is 0.0455. The van der Waals surface area contributed by atoms with Gasteiger partial charge in [0.25, 0.3) is 0 Å². The van der Waals surface area contributed by atoms with Crippen molar-refractivity contribution in [2.24, 2.45) is 5.92 Å². The molecule has 0 saturated carbocycles. The van der Waals surface area contributed by atoms with E-state index in [-0.39, 0.29) is 0 Å². The van der Waals surface area contributed by atoms with E-state index in [1.54, 1.807) is 0 Å². The Morgan fingerprint density at radius 3 is 2.90 bits per heavy atom. The Labute approximate surface area is 128 Å².